The van der Waals surface area contributed by atoms with E-state index in [4.69, 9.17) is 14.7 Å². The summed E-state index contributed by atoms with van der Waals surface area (Å²) in [7, 11) is 0. The summed E-state index contributed by atoms with van der Waals surface area (Å²) in [6.45, 7) is 0. The van der Waals surface area contributed by atoms with Crippen LogP contribution in [0.1, 0.15) is 31.8 Å². The number of rotatable bonds is 2. The number of fused-ring (bicyclic) bond motifs is 8. The van der Waals surface area contributed by atoms with Crippen LogP contribution in [0.2, 0.25) is 0 Å². The Morgan fingerprint density at radius 1 is 0.488 bits per heavy atom. The van der Waals surface area contributed by atoms with Gasteiger partial charge in [0.15, 0.2) is 0 Å². The number of carbonyl (C=O) groups excluding carboxylic acids is 2. The van der Waals surface area contributed by atoms with Gasteiger partial charge in [-0.2, -0.15) is 0 Å². The molecule has 2 amide bonds. The van der Waals surface area contributed by atoms with Crippen LogP contribution in [0.15, 0.2) is 119 Å². The van der Waals surface area contributed by atoms with Gasteiger partial charge < -0.3 is 4.74 Å². The fourth-order valence-electron chi connectivity index (χ4n) is 6.88. The van der Waals surface area contributed by atoms with Crippen LogP contribution in [-0.4, -0.2) is 23.5 Å². The van der Waals surface area contributed by atoms with Crippen molar-refractivity contribution >= 4 is 67.8 Å². The molecule has 0 spiro atoms. The normalized spacial score (nSPS) is 15.3. The Balaban J connectivity index is 1.11. The van der Waals surface area contributed by atoms with Crippen molar-refractivity contribution in [3.05, 3.63) is 131 Å². The van der Waals surface area contributed by atoms with E-state index in [9.17, 15) is 9.59 Å². The zero-order chi connectivity index (χ0) is 28.4. The van der Waals surface area contributed by atoms with E-state index in [0.29, 0.717) is 45.4 Å². The van der Waals surface area contributed by atoms with E-state index in [1.54, 1.807) is 21.9 Å². The van der Waals surface area contributed by atoms with Crippen molar-refractivity contribution in [2.45, 2.75) is 0 Å². The van der Waals surface area contributed by atoms with Crippen LogP contribution in [0.5, 0.6) is 11.5 Å². The number of hydrogen-bond donors (Lipinski definition) is 0. The third-order valence-electron chi connectivity index (χ3n) is 8.67. The number of anilines is 2. The SMILES string of the molecule is O=C1c2c(Oc3cccc4c3C(=O)N3C4=Nc4cccc5cccc3c45)cccc2C2=Nc3cccc4cccc(c34)N12. The largest absolute Gasteiger partial charge is 0.456 e. The molecule has 4 heterocycles. The Morgan fingerprint density at radius 3 is 1.37 bits per heavy atom. The Morgan fingerprint density at radius 2 is 0.907 bits per heavy atom. The van der Waals surface area contributed by atoms with Crippen LogP contribution in [0.4, 0.5) is 22.7 Å². The number of hydrogen-bond acceptors (Lipinski definition) is 5. The highest BCUT2D eigenvalue weighted by Gasteiger charge is 2.43. The second-order valence-electron chi connectivity index (χ2n) is 10.9. The third kappa shape index (κ3) is 2.78. The molecular formula is C36H18N4O3. The minimum Gasteiger partial charge on any atom is -0.456 e. The molecule has 0 N–H and O–H groups in total. The molecule has 0 unspecified atom stereocenters. The maximum Gasteiger partial charge on any atom is 0.268 e. The second kappa shape index (κ2) is 7.80. The summed E-state index contributed by atoms with van der Waals surface area (Å²) in [6.07, 6.45) is 0. The Bertz CT molecular complexity index is 2210. The van der Waals surface area contributed by atoms with Crippen molar-refractivity contribution in [1.29, 1.82) is 0 Å². The van der Waals surface area contributed by atoms with Gasteiger partial charge in [-0.05, 0) is 47.2 Å². The standard InChI is InChI=1S/C36H18N4O3/c41-35-31-21(33-37-23-13-1-7-19-9-3-15-25(29(19)23)39(33)35)11-5-17-27(31)43-28-18-6-12-22-32(28)36(42)40-26-16-4-10-20-8-2-14-24(30(20)26)38-34(22)40/h1-18H. The van der Waals surface area contributed by atoms with Crippen molar-refractivity contribution in [2.24, 2.45) is 9.98 Å². The molecular weight excluding hydrogens is 536 g/mol. The lowest BCUT2D eigenvalue weighted by atomic mass is 10.0. The van der Waals surface area contributed by atoms with Crippen molar-refractivity contribution in [3.8, 4) is 11.5 Å². The number of amidine groups is 2. The Labute approximate surface area is 244 Å². The van der Waals surface area contributed by atoms with Crippen LogP contribution in [0.3, 0.4) is 0 Å². The monoisotopic (exact) mass is 554 g/mol. The molecule has 200 valence electrons. The molecule has 0 saturated heterocycles. The van der Waals surface area contributed by atoms with E-state index in [2.05, 4.69) is 0 Å². The molecule has 43 heavy (non-hydrogen) atoms. The third-order valence-corrected chi connectivity index (χ3v) is 8.67. The van der Waals surface area contributed by atoms with Gasteiger partial charge in [-0.25, -0.2) is 9.98 Å². The van der Waals surface area contributed by atoms with Crippen LogP contribution < -0.4 is 14.5 Å². The molecule has 0 atom stereocenters. The van der Waals surface area contributed by atoms with E-state index in [1.807, 2.05) is 97.1 Å². The molecule has 0 radical (unpaired) electrons. The molecule has 10 rings (SSSR count). The number of benzene rings is 6. The zero-order valence-electron chi connectivity index (χ0n) is 22.4. The minimum atomic E-state index is -0.214. The molecule has 7 nitrogen and oxygen atoms in total. The second-order valence-corrected chi connectivity index (χ2v) is 10.9. The van der Waals surface area contributed by atoms with E-state index in [-0.39, 0.29) is 11.8 Å². The number of carbonyl (C=O) groups is 2. The summed E-state index contributed by atoms with van der Waals surface area (Å²) in [5, 5.41) is 3.93. The van der Waals surface area contributed by atoms with Gasteiger partial charge in [-0.3, -0.25) is 19.4 Å². The van der Waals surface area contributed by atoms with E-state index in [0.717, 1.165) is 44.3 Å². The lowest BCUT2D eigenvalue weighted by molar-refractivity contribution is 0.100. The molecule has 0 saturated carbocycles. The van der Waals surface area contributed by atoms with E-state index >= 15 is 0 Å². The van der Waals surface area contributed by atoms with E-state index < -0.39 is 0 Å². The van der Waals surface area contributed by atoms with Crippen LogP contribution in [0.25, 0.3) is 21.5 Å². The maximum atomic E-state index is 14.1. The first kappa shape index (κ1) is 22.6. The first-order valence-electron chi connectivity index (χ1n) is 14.0. The average molecular weight is 555 g/mol. The van der Waals surface area contributed by atoms with E-state index in [1.165, 1.54) is 0 Å². The Hall–Kier alpha value is -6.08. The number of ether oxygens (including phenoxy) is 1. The summed E-state index contributed by atoms with van der Waals surface area (Å²) in [5.41, 5.74) is 5.46. The number of nitrogens with zero attached hydrogens (tertiary/aromatic N) is 4. The van der Waals surface area contributed by atoms with Crippen LogP contribution >= 0.6 is 0 Å². The summed E-state index contributed by atoms with van der Waals surface area (Å²) in [4.78, 5) is 41.4. The predicted octanol–water partition coefficient (Wildman–Crippen LogP) is 7.89. The van der Waals surface area contributed by atoms with Gasteiger partial charge >= 0.3 is 0 Å². The zero-order valence-corrected chi connectivity index (χ0v) is 22.4. The summed E-state index contributed by atoms with van der Waals surface area (Å²) in [5.74, 6) is 1.46. The fraction of sp³-hybridized carbons (Fsp3) is 0. The van der Waals surface area contributed by atoms with Gasteiger partial charge in [-0.1, -0.05) is 72.8 Å². The minimum absolute atomic E-state index is 0.214. The summed E-state index contributed by atoms with van der Waals surface area (Å²) in [6, 6.07) is 34.8. The molecule has 0 aliphatic carbocycles. The highest BCUT2D eigenvalue weighted by molar-refractivity contribution is 6.42. The average Bonchev–Trinajstić information content (AvgIpc) is 3.49. The first-order chi connectivity index (χ1) is 21.2. The molecule has 0 bridgehead atoms. The lowest BCUT2D eigenvalue weighted by Crippen LogP contribution is -2.31. The van der Waals surface area contributed by atoms with Crippen molar-refractivity contribution in [1.82, 2.24) is 0 Å². The maximum absolute atomic E-state index is 14.1. The summed E-state index contributed by atoms with van der Waals surface area (Å²) >= 11 is 0. The highest BCUT2D eigenvalue weighted by Crippen LogP contribution is 2.48. The van der Waals surface area contributed by atoms with Gasteiger partial charge in [0.1, 0.15) is 23.2 Å². The van der Waals surface area contributed by atoms with Gasteiger partial charge in [0, 0.05) is 21.9 Å². The molecule has 0 aromatic heterocycles. The van der Waals surface area contributed by atoms with Crippen molar-refractivity contribution in [3.63, 3.8) is 0 Å². The van der Waals surface area contributed by atoms with Crippen molar-refractivity contribution in [2.75, 3.05) is 9.80 Å². The molecule has 6 aromatic rings. The quantitative estimate of drug-likeness (QED) is 0.218. The topological polar surface area (TPSA) is 74.6 Å². The molecule has 7 heteroatoms. The number of aliphatic imine (C=N–C) groups is 2. The predicted molar refractivity (Wildman–Crippen MR) is 167 cm³/mol. The summed E-state index contributed by atoms with van der Waals surface area (Å²) < 4.78 is 6.51. The molecule has 4 aliphatic heterocycles. The Kier molecular flexibility index (Phi) is 4.10. The fourth-order valence-corrected chi connectivity index (χ4v) is 6.88. The van der Waals surface area contributed by atoms with Gasteiger partial charge in [-0.15, -0.1) is 0 Å². The first-order valence-corrected chi connectivity index (χ1v) is 14.0. The molecule has 0 fully saturated rings. The molecule has 6 aromatic carbocycles. The van der Waals surface area contributed by atoms with Gasteiger partial charge in [0.05, 0.1) is 33.9 Å². The smallest absolute Gasteiger partial charge is 0.268 e. The van der Waals surface area contributed by atoms with Crippen molar-refractivity contribution < 1.29 is 14.3 Å². The van der Waals surface area contributed by atoms with Gasteiger partial charge in [0.2, 0.25) is 0 Å². The highest BCUT2D eigenvalue weighted by atomic mass is 16.5. The lowest BCUT2D eigenvalue weighted by Gasteiger charge is -2.24. The van der Waals surface area contributed by atoms with Crippen LogP contribution in [0, 0.1) is 0 Å². The van der Waals surface area contributed by atoms with Crippen LogP contribution in [-0.2, 0) is 0 Å². The molecule has 4 aliphatic rings. The van der Waals surface area contributed by atoms with Gasteiger partial charge in [0.25, 0.3) is 11.8 Å². The number of amides is 2.